The molecule has 27 heavy (non-hydrogen) atoms. The second-order valence-electron chi connectivity index (χ2n) is 7.59. The van der Waals surface area contributed by atoms with E-state index in [1.807, 2.05) is 12.1 Å². The second kappa shape index (κ2) is 13.1. The Bertz CT molecular complexity index is 552. The maximum absolute atomic E-state index is 12.3. The van der Waals surface area contributed by atoms with Gasteiger partial charge in [-0.15, -0.1) is 0 Å². The molecule has 1 heterocycles. The first-order chi connectivity index (χ1) is 13.3. The second-order valence-corrected chi connectivity index (χ2v) is 8.39. The van der Waals surface area contributed by atoms with Gasteiger partial charge < -0.3 is 0 Å². The van der Waals surface area contributed by atoms with Crippen LogP contribution in [-0.2, 0) is 0 Å². The molecule has 0 saturated heterocycles. The van der Waals surface area contributed by atoms with Crippen molar-refractivity contribution < 1.29 is 9.59 Å². The van der Waals surface area contributed by atoms with Crippen molar-refractivity contribution in [2.24, 2.45) is 0 Å². The number of nitrogens with zero attached hydrogens (tertiary/aromatic N) is 1. The lowest BCUT2D eigenvalue weighted by molar-refractivity contribution is 0.0651. The van der Waals surface area contributed by atoms with Crippen molar-refractivity contribution in [3.63, 3.8) is 0 Å². The molecule has 2 amide bonds. The number of unbranched alkanes of at least 4 members (excludes halogenated alkanes) is 12. The first-order valence-electron chi connectivity index (χ1n) is 10.8. The fourth-order valence-electron chi connectivity index (χ4n) is 3.75. The van der Waals surface area contributed by atoms with Crippen LogP contribution in [0.4, 0.5) is 0 Å². The smallest absolute Gasteiger partial charge is 0.261 e. The number of carbonyl (C=O) groups excluding carboxylic acids is 2. The van der Waals surface area contributed by atoms with Crippen LogP contribution in [0.2, 0.25) is 0 Å². The van der Waals surface area contributed by atoms with Crippen LogP contribution in [-0.4, -0.2) is 28.6 Å². The number of imide groups is 1. The standard InChI is InChI=1S/C23H34BrNO2/c24-18-14-10-8-6-4-2-1-3-5-7-9-11-15-19-25-22(26)20-16-12-13-17-21(20)23(25)27/h12-13,16-17H,1-11,14-15,18-19H2. The minimum atomic E-state index is -0.122. The van der Waals surface area contributed by atoms with Gasteiger partial charge in [0.25, 0.3) is 11.8 Å². The van der Waals surface area contributed by atoms with Gasteiger partial charge in [0.15, 0.2) is 0 Å². The monoisotopic (exact) mass is 435 g/mol. The number of alkyl halides is 1. The van der Waals surface area contributed by atoms with Crippen molar-refractivity contribution in [2.75, 3.05) is 11.9 Å². The maximum Gasteiger partial charge on any atom is 0.261 e. The minimum Gasteiger partial charge on any atom is -0.274 e. The topological polar surface area (TPSA) is 37.4 Å². The normalized spacial score (nSPS) is 13.4. The summed E-state index contributed by atoms with van der Waals surface area (Å²) in [4.78, 5) is 26.0. The van der Waals surface area contributed by atoms with Gasteiger partial charge >= 0.3 is 0 Å². The lowest BCUT2D eigenvalue weighted by Gasteiger charge is -2.13. The molecule has 0 radical (unpaired) electrons. The van der Waals surface area contributed by atoms with Crippen molar-refractivity contribution in [3.05, 3.63) is 35.4 Å². The molecule has 1 aromatic carbocycles. The molecule has 150 valence electrons. The third-order valence-corrected chi connectivity index (χ3v) is 5.95. The third-order valence-electron chi connectivity index (χ3n) is 5.39. The Labute approximate surface area is 173 Å². The fourth-order valence-corrected chi connectivity index (χ4v) is 4.15. The minimum absolute atomic E-state index is 0.122. The Morgan fingerprint density at radius 1 is 0.593 bits per heavy atom. The van der Waals surface area contributed by atoms with Crippen molar-refractivity contribution in [1.29, 1.82) is 0 Å². The zero-order valence-corrected chi connectivity index (χ0v) is 18.1. The van der Waals surface area contributed by atoms with Crippen molar-refractivity contribution >= 4 is 27.7 Å². The Morgan fingerprint density at radius 2 is 0.963 bits per heavy atom. The number of hydrogen-bond acceptors (Lipinski definition) is 2. The van der Waals surface area contributed by atoms with Crippen molar-refractivity contribution in [1.82, 2.24) is 4.90 Å². The highest BCUT2D eigenvalue weighted by Gasteiger charge is 2.34. The van der Waals surface area contributed by atoms with E-state index < -0.39 is 0 Å². The Kier molecular flexibility index (Phi) is 10.7. The summed E-state index contributed by atoms with van der Waals surface area (Å²) in [7, 11) is 0. The van der Waals surface area contributed by atoms with Gasteiger partial charge in [0.1, 0.15) is 0 Å². The van der Waals surface area contributed by atoms with Gasteiger partial charge in [-0.25, -0.2) is 0 Å². The van der Waals surface area contributed by atoms with E-state index in [4.69, 9.17) is 0 Å². The molecule has 0 saturated carbocycles. The van der Waals surface area contributed by atoms with Crippen LogP contribution in [0.5, 0.6) is 0 Å². The molecule has 4 heteroatoms. The number of halogens is 1. The van der Waals surface area contributed by atoms with Crippen LogP contribution in [0.25, 0.3) is 0 Å². The summed E-state index contributed by atoms with van der Waals surface area (Å²) in [5.41, 5.74) is 1.12. The van der Waals surface area contributed by atoms with Crippen LogP contribution in [0.1, 0.15) is 104 Å². The van der Waals surface area contributed by atoms with Crippen LogP contribution < -0.4 is 0 Å². The van der Waals surface area contributed by atoms with Crippen LogP contribution in [0, 0.1) is 0 Å². The summed E-state index contributed by atoms with van der Waals surface area (Å²) in [6.07, 6.45) is 16.8. The highest BCUT2D eigenvalue weighted by molar-refractivity contribution is 9.09. The van der Waals surface area contributed by atoms with Gasteiger partial charge in [0.05, 0.1) is 11.1 Å². The average Bonchev–Trinajstić information content (AvgIpc) is 2.93. The average molecular weight is 436 g/mol. The largest absolute Gasteiger partial charge is 0.274 e. The summed E-state index contributed by atoms with van der Waals surface area (Å²) in [5.74, 6) is -0.245. The zero-order valence-electron chi connectivity index (χ0n) is 16.6. The molecular weight excluding hydrogens is 402 g/mol. The molecule has 0 aromatic heterocycles. The molecule has 0 N–H and O–H groups in total. The van der Waals surface area contributed by atoms with Crippen LogP contribution in [0.15, 0.2) is 24.3 Å². The maximum atomic E-state index is 12.3. The Balaban J connectivity index is 1.43. The summed E-state index contributed by atoms with van der Waals surface area (Å²) in [5, 5.41) is 1.14. The molecule has 0 bridgehead atoms. The predicted molar refractivity (Wildman–Crippen MR) is 116 cm³/mol. The summed E-state index contributed by atoms with van der Waals surface area (Å²) in [6.45, 7) is 0.557. The van der Waals surface area contributed by atoms with Gasteiger partial charge in [0.2, 0.25) is 0 Å². The van der Waals surface area contributed by atoms with E-state index in [1.54, 1.807) is 12.1 Å². The molecule has 0 spiro atoms. The van der Waals surface area contributed by atoms with Gasteiger partial charge in [-0.05, 0) is 25.0 Å². The quantitative estimate of drug-likeness (QED) is 0.173. The number of fused-ring (bicyclic) bond motifs is 1. The highest BCUT2D eigenvalue weighted by Crippen LogP contribution is 2.23. The molecule has 1 aromatic rings. The van der Waals surface area contributed by atoms with Crippen LogP contribution >= 0.6 is 15.9 Å². The lowest BCUT2D eigenvalue weighted by atomic mass is 10.0. The molecule has 1 aliphatic heterocycles. The van der Waals surface area contributed by atoms with E-state index in [9.17, 15) is 9.59 Å². The van der Waals surface area contributed by atoms with E-state index in [1.165, 1.54) is 75.5 Å². The van der Waals surface area contributed by atoms with E-state index in [0.29, 0.717) is 17.7 Å². The SMILES string of the molecule is O=C1c2ccccc2C(=O)N1CCCCCCCCCCCCCCCBr. The Hall–Kier alpha value is -1.16. The first kappa shape index (κ1) is 22.1. The highest BCUT2D eigenvalue weighted by atomic mass is 79.9. The number of carbonyl (C=O) groups is 2. The van der Waals surface area contributed by atoms with Crippen molar-refractivity contribution in [2.45, 2.75) is 83.5 Å². The van der Waals surface area contributed by atoms with Crippen LogP contribution in [0.3, 0.4) is 0 Å². The van der Waals surface area contributed by atoms with Crippen molar-refractivity contribution in [3.8, 4) is 0 Å². The molecule has 2 rings (SSSR count). The molecular formula is C23H34BrNO2. The van der Waals surface area contributed by atoms with Gasteiger partial charge in [-0.1, -0.05) is 98.7 Å². The van der Waals surface area contributed by atoms with E-state index in [0.717, 1.165) is 18.2 Å². The lowest BCUT2D eigenvalue weighted by Crippen LogP contribution is -2.30. The molecule has 1 aliphatic rings. The predicted octanol–water partition coefficient (Wildman–Crippen LogP) is 6.75. The molecule has 0 aliphatic carbocycles. The first-order valence-corrected chi connectivity index (χ1v) is 11.9. The molecule has 3 nitrogen and oxygen atoms in total. The van der Waals surface area contributed by atoms with Gasteiger partial charge in [-0.2, -0.15) is 0 Å². The zero-order chi connectivity index (χ0) is 19.3. The summed E-state index contributed by atoms with van der Waals surface area (Å²) < 4.78 is 0. The number of hydrogen-bond donors (Lipinski definition) is 0. The molecule has 0 fully saturated rings. The Morgan fingerprint density at radius 3 is 1.37 bits per heavy atom. The third kappa shape index (κ3) is 7.40. The summed E-state index contributed by atoms with van der Waals surface area (Å²) >= 11 is 3.48. The van der Waals surface area contributed by atoms with E-state index in [-0.39, 0.29) is 11.8 Å². The number of rotatable bonds is 15. The number of benzene rings is 1. The molecule has 0 atom stereocenters. The summed E-state index contributed by atoms with van der Waals surface area (Å²) in [6, 6.07) is 7.13. The molecule has 0 unspecified atom stereocenters. The van der Waals surface area contributed by atoms with E-state index in [2.05, 4.69) is 15.9 Å². The van der Waals surface area contributed by atoms with Gasteiger partial charge in [0, 0.05) is 11.9 Å². The number of amides is 2. The van der Waals surface area contributed by atoms with Gasteiger partial charge in [-0.3, -0.25) is 14.5 Å². The van der Waals surface area contributed by atoms with E-state index >= 15 is 0 Å². The fraction of sp³-hybridized carbons (Fsp3) is 0.652.